The quantitative estimate of drug-likeness (QED) is 0.619. The van der Waals surface area contributed by atoms with Crippen LogP contribution in [0.1, 0.15) is 0 Å². The lowest BCUT2D eigenvalue weighted by Crippen LogP contribution is -2.32. The molecule has 0 saturated heterocycles. The monoisotopic (exact) mass is 313 g/mol. The normalized spacial score (nSPS) is 11.3. The van der Waals surface area contributed by atoms with E-state index in [4.69, 9.17) is 4.74 Å². The van der Waals surface area contributed by atoms with Crippen LogP contribution >= 0.6 is 0 Å². The van der Waals surface area contributed by atoms with Crippen molar-refractivity contribution in [2.45, 2.75) is 6.18 Å². The molecule has 21 heavy (non-hydrogen) atoms. The summed E-state index contributed by atoms with van der Waals surface area (Å²) in [5.41, 5.74) is 0. The van der Waals surface area contributed by atoms with Crippen LogP contribution in [0.15, 0.2) is 18.2 Å². The summed E-state index contributed by atoms with van der Waals surface area (Å²) in [4.78, 5) is 11.2. The summed E-state index contributed by atoms with van der Waals surface area (Å²) >= 11 is 0. The number of hydrogen-bond donors (Lipinski definition) is 1. The SMILES string of the molecule is O=C(COc1ccc(F)cc1F)NCCOCC(F)(F)F. The standard InChI is InChI=1S/C12H12F5NO3/c13-8-1-2-10(9(14)5-8)21-6-11(19)18-3-4-20-7-12(15,16)17/h1-2,5H,3-4,6-7H2,(H,18,19). The van der Waals surface area contributed by atoms with E-state index in [0.29, 0.717) is 6.07 Å². The van der Waals surface area contributed by atoms with Gasteiger partial charge < -0.3 is 14.8 Å². The van der Waals surface area contributed by atoms with E-state index in [1.807, 2.05) is 0 Å². The van der Waals surface area contributed by atoms with Crippen molar-refractivity contribution in [3.8, 4) is 5.75 Å². The third kappa shape index (κ3) is 7.45. The van der Waals surface area contributed by atoms with E-state index in [2.05, 4.69) is 10.1 Å². The third-order valence-corrected chi connectivity index (χ3v) is 2.09. The van der Waals surface area contributed by atoms with Gasteiger partial charge in [-0.1, -0.05) is 0 Å². The van der Waals surface area contributed by atoms with Crippen LogP contribution in [0.2, 0.25) is 0 Å². The Balaban J connectivity index is 2.19. The number of carbonyl (C=O) groups is 1. The number of rotatable bonds is 7. The van der Waals surface area contributed by atoms with Crippen LogP contribution in [-0.2, 0) is 9.53 Å². The minimum atomic E-state index is -4.42. The number of ether oxygens (including phenoxy) is 2. The van der Waals surface area contributed by atoms with Gasteiger partial charge in [0, 0.05) is 12.6 Å². The Labute approximate surface area is 116 Å². The van der Waals surface area contributed by atoms with Gasteiger partial charge in [0.15, 0.2) is 18.2 Å². The zero-order valence-corrected chi connectivity index (χ0v) is 10.7. The van der Waals surface area contributed by atoms with E-state index in [-0.39, 0.29) is 18.9 Å². The number of nitrogens with one attached hydrogen (secondary N) is 1. The van der Waals surface area contributed by atoms with Gasteiger partial charge in [0.1, 0.15) is 12.4 Å². The Morgan fingerprint density at radius 3 is 2.57 bits per heavy atom. The second-order valence-electron chi connectivity index (χ2n) is 3.88. The minimum absolute atomic E-state index is 0.149. The Morgan fingerprint density at radius 1 is 1.24 bits per heavy atom. The minimum Gasteiger partial charge on any atom is -0.481 e. The Hall–Kier alpha value is -1.90. The Kier molecular flexibility index (Phi) is 6.35. The lowest BCUT2D eigenvalue weighted by atomic mass is 10.3. The molecule has 0 unspecified atom stereocenters. The average Bonchev–Trinajstić information content (AvgIpc) is 2.36. The lowest BCUT2D eigenvalue weighted by Gasteiger charge is -2.09. The largest absolute Gasteiger partial charge is 0.481 e. The maximum absolute atomic E-state index is 13.1. The van der Waals surface area contributed by atoms with E-state index in [9.17, 15) is 26.7 Å². The van der Waals surface area contributed by atoms with Crippen LogP contribution in [0.3, 0.4) is 0 Å². The molecule has 1 aromatic carbocycles. The second-order valence-corrected chi connectivity index (χ2v) is 3.88. The van der Waals surface area contributed by atoms with Crippen molar-refractivity contribution >= 4 is 5.91 Å². The van der Waals surface area contributed by atoms with Crippen molar-refractivity contribution in [2.75, 3.05) is 26.4 Å². The highest BCUT2D eigenvalue weighted by Gasteiger charge is 2.27. The Morgan fingerprint density at radius 2 is 1.95 bits per heavy atom. The maximum atomic E-state index is 13.1. The van der Waals surface area contributed by atoms with Crippen LogP contribution in [0, 0.1) is 11.6 Å². The lowest BCUT2D eigenvalue weighted by molar-refractivity contribution is -0.173. The first kappa shape index (κ1) is 17.2. The van der Waals surface area contributed by atoms with Crippen molar-refractivity contribution in [1.29, 1.82) is 0 Å². The highest BCUT2D eigenvalue weighted by atomic mass is 19.4. The molecule has 0 atom stereocenters. The van der Waals surface area contributed by atoms with Crippen LogP contribution in [-0.4, -0.2) is 38.4 Å². The van der Waals surface area contributed by atoms with Crippen molar-refractivity contribution < 1.29 is 36.2 Å². The van der Waals surface area contributed by atoms with Gasteiger partial charge in [-0.05, 0) is 12.1 Å². The maximum Gasteiger partial charge on any atom is 0.411 e. The molecule has 0 aromatic heterocycles. The zero-order valence-electron chi connectivity index (χ0n) is 10.7. The van der Waals surface area contributed by atoms with E-state index in [1.54, 1.807) is 0 Å². The van der Waals surface area contributed by atoms with Crippen LogP contribution in [0.25, 0.3) is 0 Å². The molecule has 0 spiro atoms. The first-order valence-corrected chi connectivity index (χ1v) is 5.77. The van der Waals surface area contributed by atoms with Crippen molar-refractivity contribution in [3.63, 3.8) is 0 Å². The molecular formula is C12H12F5NO3. The molecule has 4 nitrogen and oxygen atoms in total. The topological polar surface area (TPSA) is 47.6 Å². The highest BCUT2D eigenvalue weighted by Crippen LogP contribution is 2.17. The van der Waals surface area contributed by atoms with Crippen molar-refractivity contribution in [3.05, 3.63) is 29.8 Å². The fourth-order valence-corrected chi connectivity index (χ4v) is 1.24. The summed E-state index contributed by atoms with van der Waals surface area (Å²) in [6, 6.07) is 2.57. The number of alkyl halides is 3. The highest BCUT2D eigenvalue weighted by molar-refractivity contribution is 5.77. The molecule has 1 N–H and O–H groups in total. The van der Waals surface area contributed by atoms with Gasteiger partial charge in [-0.3, -0.25) is 4.79 Å². The van der Waals surface area contributed by atoms with Gasteiger partial charge in [-0.15, -0.1) is 0 Å². The molecular weight excluding hydrogens is 301 g/mol. The molecule has 0 aliphatic carbocycles. The molecule has 9 heteroatoms. The smallest absolute Gasteiger partial charge is 0.411 e. The molecule has 0 radical (unpaired) electrons. The molecule has 0 fully saturated rings. The van der Waals surface area contributed by atoms with Gasteiger partial charge in [-0.25, -0.2) is 8.78 Å². The molecule has 118 valence electrons. The fraction of sp³-hybridized carbons (Fsp3) is 0.417. The first-order chi connectivity index (χ1) is 9.78. The number of carbonyl (C=O) groups excluding carboxylic acids is 1. The predicted molar refractivity (Wildman–Crippen MR) is 61.7 cm³/mol. The average molecular weight is 313 g/mol. The predicted octanol–water partition coefficient (Wildman–Crippen LogP) is 2.04. The number of hydrogen-bond acceptors (Lipinski definition) is 3. The van der Waals surface area contributed by atoms with Crippen LogP contribution in [0.5, 0.6) is 5.75 Å². The summed E-state index contributed by atoms with van der Waals surface area (Å²) < 4.78 is 70.0. The summed E-state index contributed by atoms with van der Waals surface area (Å²) in [7, 11) is 0. The van der Waals surface area contributed by atoms with Gasteiger partial charge in [-0.2, -0.15) is 13.2 Å². The molecule has 0 saturated carbocycles. The summed E-state index contributed by atoms with van der Waals surface area (Å²) in [6.45, 7) is -2.43. The molecule has 0 aliphatic rings. The summed E-state index contributed by atoms with van der Waals surface area (Å²) in [5, 5.41) is 2.22. The Bertz CT molecular complexity index is 478. The number of benzene rings is 1. The molecule has 0 bridgehead atoms. The molecule has 1 rings (SSSR count). The van der Waals surface area contributed by atoms with Crippen molar-refractivity contribution in [2.24, 2.45) is 0 Å². The van der Waals surface area contributed by atoms with Gasteiger partial charge in [0.25, 0.3) is 5.91 Å². The number of amides is 1. The molecule has 0 heterocycles. The summed E-state index contributed by atoms with van der Waals surface area (Å²) in [6.07, 6.45) is -4.42. The molecule has 1 aromatic rings. The fourth-order valence-electron chi connectivity index (χ4n) is 1.24. The van der Waals surface area contributed by atoms with Crippen molar-refractivity contribution in [1.82, 2.24) is 5.32 Å². The van der Waals surface area contributed by atoms with Gasteiger partial charge in [0.05, 0.1) is 6.61 Å². The summed E-state index contributed by atoms with van der Waals surface area (Å²) in [5.74, 6) is -2.73. The second kappa shape index (κ2) is 7.77. The number of halogens is 5. The van der Waals surface area contributed by atoms with E-state index < -0.39 is 36.9 Å². The van der Waals surface area contributed by atoms with Gasteiger partial charge in [0.2, 0.25) is 0 Å². The van der Waals surface area contributed by atoms with E-state index in [0.717, 1.165) is 12.1 Å². The van der Waals surface area contributed by atoms with E-state index >= 15 is 0 Å². The van der Waals surface area contributed by atoms with E-state index in [1.165, 1.54) is 0 Å². The van der Waals surface area contributed by atoms with Crippen LogP contribution < -0.4 is 10.1 Å². The van der Waals surface area contributed by atoms with Gasteiger partial charge >= 0.3 is 6.18 Å². The molecule has 1 amide bonds. The first-order valence-electron chi connectivity index (χ1n) is 5.77. The molecule has 0 aliphatic heterocycles. The zero-order chi connectivity index (χ0) is 15.9. The van der Waals surface area contributed by atoms with Crippen LogP contribution in [0.4, 0.5) is 22.0 Å². The third-order valence-electron chi connectivity index (χ3n) is 2.09.